The summed E-state index contributed by atoms with van der Waals surface area (Å²) in [5, 5.41) is 3.14. The minimum atomic E-state index is -0.288. The Bertz CT molecular complexity index is 764. The maximum atomic E-state index is 13.2. The Labute approximate surface area is 164 Å². The molecular formula is C21H25ClN2O3. The largest absolute Gasteiger partial charge is 0.448 e. The van der Waals surface area contributed by atoms with Gasteiger partial charge in [0.15, 0.2) is 0 Å². The number of benzene rings is 1. The molecule has 1 saturated heterocycles. The van der Waals surface area contributed by atoms with Crippen molar-refractivity contribution >= 4 is 29.3 Å². The molecule has 2 amide bonds. The maximum Gasteiger partial charge on any atom is 0.410 e. The van der Waals surface area contributed by atoms with Gasteiger partial charge in [0, 0.05) is 17.1 Å². The van der Waals surface area contributed by atoms with Crippen LogP contribution in [-0.4, -0.2) is 34.9 Å². The van der Waals surface area contributed by atoms with Gasteiger partial charge in [0.25, 0.3) is 0 Å². The fourth-order valence-electron chi connectivity index (χ4n) is 6.16. The van der Waals surface area contributed by atoms with E-state index in [0.717, 1.165) is 43.4 Å². The van der Waals surface area contributed by atoms with Crippen LogP contribution in [0.1, 0.15) is 44.1 Å². The summed E-state index contributed by atoms with van der Waals surface area (Å²) in [5.74, 6) is 1.35. The van der Waals surface area contributed by atoms with E-state index >= 15 is 0 Å². The second-order valence-corrected chi connectivity index (χ2v) is 9.88. The Morgan fingerprint density at radius 2 is 1.89 bits per heavy atom. The van der Waals surface area contributed by atoms with Gasteiger partial charge in [-0.2, -0.15) is 0 Å². The molecule has 0 spiro atoms. The van der Waals surface area contributed by atoms with E-state index < -0.39 is 0 Å². The summed E-state index contributed by atoms with van der Waals surface area (Å²) < 4.78 is 4.96. The van der Waals surface area contributed by atoms with Crippen LogP contribution in [0.2, 0.25) is 0 Å². The molecule has 1 heterocycles. The zero-order valence-electron chi connectivity index (χ0n) is 15.4. The number of hydrogen-bond acceptors (Lipinski definition) is 3. The number of alkyl halides is 1. The summed E-state index contributed by atoms with van der Waals surface area (Å²) in [4.78, 5) is 26.3. The quantitative estimate of drug-likeness (QED) is 0.788. The first-order valence-corrected chi connectivity index (χ1v) is 10.3. The number of carbonyl (C=O) groups is 2. The molecule has 1 N–H and O–H groups in total. The van der Waals surface area contributed by atoms with E-state index in [1.807, 2.05) is 24.3 Å². The number of rotatable bonds is 4. The first kappa shape index (κ1) is 17.4. The molecule has 4 bridgehead atoms. The van der Waals surface area contributed by atoms with Crippen molar-refractivity contribution in [3.05, 3.63) is 29.8 Å². The lowest BCUT2D eigenvalue weighted by Crippen LogP contribution is -2.57. The van der Waals surface area contributed by atoms with E-state index in [-0.39, 0.29) is 22.3 Å². The minimum Gasteiger partial charge on any atom is -0.448 e. The summed E-state index contributed by atoms with van der Waals surface area (Å²) >= 11 is 6.86. The molecule has 0 aromatic heterocycles. The molecule has 6 heteroatoms. The molecule has 5 aliphatic rings. The van der Waals surface area contributed by atoms with Crippen molar-refractivity contribution in [1.82, 2.24) is 4.90 Å². The van der Waals surface area contributed by atoms with Gasteiger partial charge in [-0.05, 0) is 68.1 Å². The van der Waals surface area contributed by atoms with Crippen molar-refractivity contribution in [2.24, 2.45) is 17.3 Å². The van der Waals surface area contributed by atoms with E-state index in [9.17, 15) is 9.59 Å². The number of cyclic esters (lactones) is 1. The van der Waals surface area contributed by atoms with Crippen molar-refractivity contribution in [3.63, 3.8) is 0 Å². The van der Waals surface area contributed by atoms with E-state index in [2.05, 4.69) is 5.32 Å². The molecule has 5 fully saturated rings. The van der Waals surface area contributed by atoms with Crippen molar-refractivity contribution < 1.29 is 14.3 Å². The minimum absolute atomic E-state index is 0.137. The zero-order chi connectivity index (χ0) is 18.6. The van der Waals surface area contributed by atoms with E-state index in [0.29, 0.717) is 31.5 Å². The highest BCUT2D eigenvalue weighted by Crippen LogP contribution is 2.64. The number of carbonyl (C=O) groups excluding carboxylic acids is 2. The van der Waals surface area contributed by atoms with E-state index in [4.69, 9.17) is 16.3 Å². The third-order valence-corrected chi connectivity index (χ3v) is 7.34. The summed E-state index contributed by atoms with van der Waals surface area (Å²) in [7, 11) is 0. The van der Waals surface area contributed by atoms with Gasteiger partial charge in [0.2, 0.25) is 5.91 Å². The summed E-state index contributed by atoms with van der Waals surface area (Å²) in [6.07, 6.45) is 5.93. The van der Waals surface area contributed by atoms with Crippen molar-refractivity contribution in [3.8, 4) is 0 Å². The summed E-state index contributed by atoms with van der Waals surface area (Å²) in [6.45, 7) is 1.62. The molecular weight excluding hydrogens is 364 g/mol. The van der Waals surface area contributed by atoms with Crippen molar-refractivity contribution in [1.29, 1.82) is 0 Å². The summed E-state index contributed by atoms with van der Waals surface area (Å²) in [5.41, 5.74) is 1.55. The zero-order valence-corrected chi connectivity index (χ0v) is 16.1. The van der Waals surface area contributed by atoms with Gasteiger partial charge in [0.05, 0.1) is 12.0 Å². The van der Waals surface area contributed by atoms with Crippen LogP contribution in [0.25, 0.3) is 0 Å². The number of nitrogens with one attached hydrogen (secondary N) is 1. The predicted octanol–water partition coefficient (Wildman–Crippen LogP) is 4.16. The Balaban J connectivity index is 1.27. The highest BCUT2D eigenvalue weighted by Gasteiger charge is 2.60. The number of halogens is 1. The number of amides is 2. The van der Waals surface area contributed by atoms with Crippen molar-refractivity contribution in [2.75, 3.05) is 18.5 Å². The normalized spacial score (nSPS) is 36.8. The molecule has 0 unspecified atom stereocenters. The Morgan fingerprint density at radius 3 is 2.48 bits per heavy atom. The highest BCUT2D eigenvalue weighted by molar-refractivity contribution is 6.24. The standard InChI is InChI=1S/C21H25ClN2O3/c22-21-10-15-7-16(11-21)9-20(8-15,13-21)18(25)23-17-3-1-14(2-4-17)12-24-5-6-27-19(24)26/h1-4,15-16H,5-13H2,(H,23,25)/t15-,16-,20?,21?/m1/s1. The molecule has 1 aromatic carbocycles. The Kier molecular flexibility index (Phi) is 3.94. The summed E-state index contributed by atoms with van der Waals surface area (Å²) in [6, 6.07) is 7.77. The molecule has 5 nitrogen and oxygen atoms in total. The molecule has 4 saturated carbocycles. The van der Waals surface area contributed by atoms with Crippen LogP contribution in [0.4, 0.5) is 10.5 Å². The molecule has 1 aliphatic heterocycles. The molecule has 2 atom stereocenters. The van der Waals surface area contributed by atoms with Gasteiger partial charge in [-0.1, -0.05) is 12.1 Å². The lowest BCUT2D eigenvalue weighted by atomic mass is 9.49. The highest BCUT2D eigenvalue weighted by atomic mass is 35.5. The first-order valence-electron chi connectivity index (χ1n) is 9.94. The molecule has 4 aliphatic carbocycles. The number of anilines is 1. The van der Waals surface area contributed by atoms with E-state index in [1.54, 1.807) is 4.90 Å². The van der Waals surface area contributed by atoms with Crippen LogP contribution >= 0.6 is 11.6 Å². The van der Waals surface area contributed by atoms with Crippen LogP contribution in [0.15, 0.2) is 24.3 Å². The van der Waals surface area contributed by atoms with Gasteiger partial charge in [-0.25, -0.2) is 4.79 Å². The third-order valence-electron chi connectivity index (χ3n) is 6.90. The van der Waals surface area contributed by atoms with Crippen molar-refractivity contribution in [2.45, 2.75) is 49.9 Å². The van der Waals surface area contributed by atoms with Crippen LogP contribution in [0.5, 0.6) is 0 Å². The SMILES string of the molecule is O=C1OCCN1Cc1ccc(NC(=O)C23C[C@H]4C[C@@H](CC(Cl)(C4)C2)C3)cc1. The second-order valence-electron chi connectivity index (χ2n) is 9.08. The fraction of sp³-hybridized carbons (Fsp3) is 0.619. The first-order chi connectivity index (χ1) is 12.9. The van der Waals surface area contributed by atoms with Crippen LogP contribution in [0.3, 0.4) is 0 Å². The van der Waals surface area contributed by atoms with Gasteiger partial charge in [-0.3, -0.25) is 4.79 Å². The second kappa shape index (κ2) is 6.13. The fourth-order valence-corrected chi connectivity index (χ4v) is 6.86. The molecule has 144 valence electrons. The lowest BCUT2D eigenvalue weighted by molar-refractivity contribution is -0.138. The average molecular weight is 389 g/mol. The monoisotopic (exact) mass is 388 g/mol. The van der Waals surface area contributed by atoms with Gasteiger partial charge in [-0.15, -0.1) is 11.6 Å². The molecule has 27 heavy (non-hydrogen) atoms. The number of hydrogen-bond donors (Lipinski definition) is 1. The van der Waals surface area contributed by atoms with Gasteiger partial charge in [0.1, 0.15) is 6.61 Å². The topological polar surface area (TPSA) is 58.6 Å². The number of ether oxygens (including phenoxy) is 1. The van der Waals surface area contributed by atoms with Crippen LogP contribution < -0.4 is 5.32 Å². The molecule has 0 radical (unpaired) electrons. The van der Waals surface area contributed by atoms with Gasteiger partial charge >= 0.3 is 6.09 Å². The van der Waals surface area contributed by atoms with Gasteiger partial charge < -0.3 is 15.0 Å². The Hall–Kier alpha value is -1.75. The smallest absolute Gasteiger partial charge is 0.410 e. The van der Waals surface area contributed by atoms with Crippen LogP contribution in [0, 0.1) is 17.3 Å². The average Bonchev–Trinajstić information content (AvgIpc) is 2.99. The molecule has 6 rings (SSSR count). The van der Waals surface area contributed by atoms with E-state index in [1.165, 1.54) is 6.42 Å². The third kappa shape index (κ3) is 3.10. The van der Waals surface area contributed by atoms with Crippen LogP contribution in [-0.2, 0) is 16.1 Å². The lowest BCUT2D eigenvalue weighted by Gasteiger charge is -2.59. The molecule has 1 aromatic rings. The predicted molar refractivity (Wildman–Crippen MR) is 103 cm³/mol. The Morgan fingerprint density at radius 1 is 1.19 bits per heavy atom. The maximum absolute atomic E-state index is 13.2. The number of nitrogens with zero attached hydrogens (tertiary/aromatic N) is 1.